The molecule has 1 aromatic heterocycles. The molecule has 1 aliphatic rings. The number of carbonyl (C=O) groups is 2. The second-order valence-electron chi connectivity index (χ2n) is 3.60. The zero-order valence-electron chi connectivity index (χ0n) is 8.69. The maximum Gasteiger partial charge on any atom is 0.272 e. The van der Waals surface area contributed by atoms with Gasteiger partial charge in [-0.15, -0.1) is 0 Å². The van der Waals surface area contributed by atoms with Crippen molar-refractivity contribution in [3.8, 4) is 0 Å². The van der Waals surface area contributed by atoms with Gasteiger partial charge in [0.05, 0.1) is 0 Å². The Hall–Kier alpha value is -2.05. The van der Waals surface area contributed by atoms with Crippen LogP contribution in [0.3, 0.4) is 0 Å². The number of nitrogen functional groups attached to an aromatic ring is 1. The van der Waals surface area contributed by atoms with Crippen LogP contribution in [0.2, 0.25) is 0 Å². The summed E-state index contributed by atoms with van der Waals surface area (Å²) in [4.78, 5) is 24.6. The van der Waals surface area contributed by atoms with Crippen LogP contribution in [0, 0.1) is 0 Å². The van der Waals surface area contributed by atoms with E-state index in [1.807, 2.05) is 0 Å². The highest BCUT2D eigenvalue weighted by molar-refractivity contribution is 5.93. The van der Waals surface area contributed by atoms with Crippen molar-refractivity contribution in [2.75, 3.05) is 25.4 Å². The minimum Gasteiger partial charge on any atom is -0.382 e. The fraction of sp³-hybridized carbons (Fsp3) is 0.444. The second kappa shape index (κ2) is 4.21. The Bertz CT molecular complexity index is 414. The van der Waals surface area contributed by atoms with Crippen molar-refractivity contribution in [3.05, 3.63) is 11.8 Å². The molecule has 0 unspecified atom stereocenters. The lowest BCUT2D eigenvalue weighted by atomic mass is 10.3. The first kappa shape index (κ1) is 10.5. The van der Waals surface area contributed by atoms with E-state index in [0.717, 1.165) is 0 Å². The molecule has 0 aromatic carbocycles. The summed E-state index contributed by atoms with van der Waals surface area (Å²) < 4.78 is 0. The largest absolute Gasteiger partial charge is 0.382 e. The van der Waals surface area contributed by atoms with E-state index in [1.54, 1.807) is 4.90 Å². The lowest BCUT2D eigenvalue weighted by Gasteiger charge is -2.17. The molecular weight excluding hydrogens is 210 g/mol. The molecule has 4 N–H and O–H groups in total. The summed E-state index contributed by atoms with van der Waals surface area (Å²) >= 11 is 0. The number of H-pyrrole nitrogens is 1. The lowest BCUT2D eigenvalue weighted by molar-refractivity contribution is -0.120. The van der Waals surface area contributed by atoms with Crippen molar-refractivity contribution >= 4 is 17.6 Å². The van der Waals surface area contributed by atoms with Crippen molar-refractivity contribution in [2.45, 2.75) is 6.42 Å². The smallest absolute Gasteiger partial charge is 0.272 e. The molecule has 1 saturated heterocycles. The molecule has 7 heteroatoms. The Morgan fingerprint density at radius 3 is 3.00 bits per heavy atom. The van der Waals surface area contributed by atoms with Crippen LogP contribution in [-0.4, -0.2) is 46.5 Å². The van der Waals surface area contributed by atoms with Gasteiger partial charge in [0.1, 0.15) is 11.5 Å². The normalized spacial score (nSPS) is 16.8. The van der Waals surface area contributed by atoms with Crippen LogP contribution in [0.25, 0.3) is 0 Å². The summed E-state index contributed by atoms with van der Waals surface area (Å²) in [5.41, 5.74) is 5.77. The van der Waals surface area contributed by atoms with Gasteiger partial charge in [-0.25, -0.2) is 0 Å². The van der Waals surface area contributed by atoms with Gasteiger partial charge in [-0.1, -0.05) is 0 Å². The summed E-state index contributed by atoms with van der Waals surface area (Å²) in [5.74, 6) is 0.0764. The van der Waals surface area contributed by atoms with Gasteiger partial charge < -0.3 is 16.0 Å². The molecule has 0 aliphatic carbocycles. The number of amides is 2. The topological polar surface area (TPSA) is 104 Å². The first-order valence-corrected chi connectivity index (χ1v) is 5.03. The molecule has 0 saturated carbocycles. The van der Waals surface area contributed by atoms with Crippen molar-refractivity contribution in [1.82, 2.24) is 20.4 Å². The standard InChI is InChI=1S/C9H13N5O2/c10-7-5-6(12-13-7)9(16)14-3-1-8(15)11-2-4-14/h5H,1-4H2,(H,11,15)(H3,10,12,13). The van der Waals surface area contributed by atoms with Gasteiger partial charge in [0, 0.05) is 32.1 Å². The summed E-state index contributed by atoms with van der Waals surface area (Å²) in [6.45, 7) is 1.40. The van der Waals surface area contributed by atoms with E-state index in [2.05, 4.69) is 15.5 Å². The average Bonchev–Trinajstić information content (AvgIpc) is 2.57. The Labute approximate surface area is 92.0 Å². The van der Waals surface area contributed by atoms with E-state index in [4.69, 9.17) is 5.73 Å². The van der Waals surface area contributed by atoms with Crippen LogP contribution in [0.4, 0.5) is 5.82 Å². The number of rotatable bonds is 1. The van der Waals surface area contributed by atoms with E-state index in [9.17, 15) is 9.59 Å². The highest BCUT2D eigenvalue weighted by Crippen LogP contribution is 2.06. The summed E-state index contributed by atoms with van der Waals surface area (Å²) in [6, 6.07) is 1.49. The predicted octanol–water partition coefficient (Wildman–Crippen LogP) is -1.05. The third-order valence-electron chi connectivity index (χ3n) is 2.43. The fourth-order valence-electron chi connectivity index (χ4n) is 1.59. The van der Waals surface area contributed by atoms with E-state index >= 15 is 0 Å². The van der Waals surface area contributed by atoms with E-state index < -0.39 is 0 Å². The van der Waals surface area contributed by atoms with Crippen molar-refractivity contribution in [1.29, 1.82) is 0 Å². The number of anilines is 1. The first-order chi connectivity index (χ1) is 7.66. The fourth-order valence-corrected chi connectivity index (χ4v) is 1.59. The number of nitrogens with two attached hydrogens (primary N) is 1. The minimum absolute atomic E-state index is 0.0283. The molecule has 16 heavy (non-hydrogen) atoms. The Kier molecular flexibility index (Phi) is 2.76. The number of nitrogens with zero attached hydrogens (tertiary/aromatic N) is 2. The highest BCUT2D eigenvalue weighted by atomic mass is 16.2. The zero-order chi connectivity index (χ0) is 11.5. The molecule has 1 fully saturated rings. The molecule has 0 spiro atoms. The number of hydrogen-bond donors (Lipinski definition) is 3. The molecule has 1 aromatic rings. The van der Waals surface area contributed by atoms with Crippen LogP contribution in [0.15, 0.2) is 6.07 Å². The number of hydrogen-bond acceptors (Lipinski definition) is 4. The third-order valence-corrected chi connectivity index (χ3v) is 2.43. The lowest BCUT2D eigenvalue weighted by Crippen LogP contribution is -2.34. The second-order valence-corrected chi connectivity index (χ2v) is 3.60. The van der Waals surface area contributed by atoms with Gasteiger partial charge in [0.25, 0.3) is 5.91 Å². The van der Waals surface area contributed by atoms with Crippen LogP contribution in [0.5, 0.6) is 0 Å². The molecule has 2 rings (SSSR count). The van der Waals surface area contributed by atoms with Crippen LogP contribution in [0.1, 0.15) is 16.9 Å². The Morgan fingerprint density at radius 2 is 2.31 bits per heavy atom. The van der Waals surface area contributed by atoms with Crippen LogP contribution < -0.4 is 11.1 Å². The summed E-state index contributed by atoms with van der Waals surface area (Å²) in [5, 5.41) is 8.96. The van der Waals surface area contributed by atoms with Crippen LogP contribution >= 0.6 is 0 Å². The molecule has 7 nitrogen and oxygen atoms in total. The maximum atomic E-state index is 11.9. The van der Waals surface area contributed by atoms with Gasteiger partial charge >= 0.3 is 0 Å². The van der Waals surface area contributed by atoms with Crippen molar-refractivity contribution < 1.29 is 9.59 Å². The van der Waals surface area contributed by atoms with E-state index in [1.165, 1.54) is 6.07 Å². The van der Waals surface area contributed by atoms with Gasteiger partial charge in [0.15, 0.2) is 0 Å². The van der Waals surface area contributed by atoms with Gasteiger partial charge in [-0.3, -0.25) is 14.7 Å². The quantitative estimate of drug-likeness (QED) is 0.565. The minimum atomic E-state index is -0.180. The number of aromatic nitrogens is 2. The molecule has 0 radical (unpaired) electrons. The Balaban J connectivity index is 2.06. The third kappa shape index (κ3) is 2.13. The van der Waals surface area contributed by atoms with Crippen molar-refractivity contribution in [2.24, 2.45) is 0 Å². The van der Waals surface area contributed by atoms with Crippen molar-refractivity contribution in [3.63, 3.8) is 0 Å². The SMILES string of the molecule is Nc1cc(C(=O)N2CCNC(=O)CC2)[nH]n1. The number of aromatic amines is 1. The van der Waals surface area contributed by atoms with E-state index in [-0.39, 0.29) is 17.6 Å². The molecule has 0 atom stereocenters. The molecule has 0 bridgehead atoms. The molecule has 86 valence electrons. The maximum absolute atomic E-state index is 11.9. The van der Waals surface area contributed by atoms with Gasteiger partial charge in [-0.05, 0) is 0 Å². The number of carbonyl (C=O) groups excluding carboxylic acids is 2. The predicted molar refractivity (Wildman–Crippen MR) is 56.5 cm³/mol. The van der Waals surface area contributed by atoms with Crippen LogP contribution in [-0.2, 0) is 4.79 Å². The molecule has 2 heterocycles. The van der Waals surface area contributed by atoms with Gasteiger partial charge in [-0.2, -0.15) is 5.10 Å². The molecule has 2 amide bonds. The number of nitrogens with one attached hydrogen (secondary N) is 2. The first-order valence-electron chi connectivity index (χ1n) is 5.03. The average molecular weight is 223 g/mol. The monoisotopic (exact) mass is 223 g/mol. The molecular formula is C9H13N5O2. The zero-order valence-corrected chi connectivity index (χ0v) is 8.69. The highest BCUT2D eigenvalue weighted by Gasteiger charge is 2.20. The molecule has 1 aliphatic heterocycles. The summed E-state index contributed by atoms with van der Waals surface area (Å²) in [7, 11) is 0. The summed E-state index contributed by atoms with van der Waals surface area (Å²) in [6.07, 6.45) is 0.329. The van der Waals surface area contributed by atoms with E-state index in [0.29, 0.717) is 31.7 Å². The Morgan fingerprint density at radius 1 is 1.50 bits per heavy atom. The van der Waals surface area contributed by atoms with Gasteiger partial charge in [0.2, 0.25) is 5.91 Å².